The first kappa shape index (κ1) is 10.1. The fourth-order valence-electron chi connectivity index (χ4n) is 1.40. The summed E-state index contributed by atoms with van der Waals surface area (Å²) in [7, 11) is 0. The normalized spacial score (nSPS) is 10.5. The van der Waals surface area contributed by atoms with Gasteiger partial charge in [-0.1, -0.05) is 22.0 Å². The van der Waals surface area contributed by atoms with Gasteiger partial charge in [0.15, 0.2) is 0 Å². The molecule has 0 saturated heterocycles. The Balaban J connectivity index is 2.76. The van der Waals surface area contributed by atoms with Crippen LogP contribution in [-0.4, -0.2) is 9.55 Å². The smallest absolute Gasteiger partial charge is 0.261 e. The molecule has 15 heavy (non-hydrogen) atoms. The number of aromatic nitrogens is 2. The van der Waals surface area contributed by atoms with Crippen LogP contribution in [0.5, 0.6) is 0 Å². The minimum atomic E-state index is -0.0406. The highest BCUT2D eigenvalue weighted by atomic mass is 79.9. The largest absolute Gasteiger partial charge is 0.295 e. The van der Waals surface area contributed by atoms with E-state index in [2.05, 4.69) is 27.5 Å². The number of benzene rings is 1. The molecule has 0 fully saturated rings. The van der Waals surface area contributed by atoms with Gasteiger partial charge in [-0.3, -0.25) is 9.36 Å². The molecule has 76 valence electrons. The highest BCUT2D eigenvalue weighted by Gasteiger charge is 2.02. The fraction of sp³-hybridized carbons (Fsp3) is 0.0909. The molecule has 0 bridgehead atoms. The number of halogens is 1. The number of hydrogen-bond acceptors (Lipinski definition) is 2. The number of hydrogen-bond donors (Lipinski definition) is 0. The minimum absolute atomic E-state index is 0.0406. The Kier molecular flexibility index (Phi) is 2.68. The van der Waals surface area contributed by atoms with Gasteiger partial charge >= 0.3 is 0 Å². The van der Waals surface area contributed by atoms with E-state index in [4.69, 9.17) is 0 Å². The molecule has 0 unspecified atom stereocenters. The monoisotopic (exact) mass is 264 g/mol. The van der Waals surface area contributed by atoms with Crippen LogP contribution in [0, 0.1) is 0 Å². The van der Waals surface area contributed by atoms with Crippen LogP contribution in [0.4, 0.5) is 0 Å². The Morgan fingerprint density at radius 3 is 3.07 bits per heavy atom. The second-order valence-electron chi connectivity index (χ2n) is 3.15. The molecule has 4 heteroatoms. The first-order valence-corrected chi connectivity index (χ1v) is 5.27. The zero-order chi connectivity index (χ0) is 10.8. The van der Waals surface area contributed by atoms with Crippen LogP contribution >= 0.6 is 15.9 Å². The van der Waals surface area contributed by atoms with Crippen LogP contribution in [-0.2, 0) is 6.54 Å². The maximum atomic E-state index is 11.9. The van der Waals surface area contributed by atoms with Gasteiger partial charge < -0.3 is 0 Å². The van der Waals surface area contributed by atoms with Crippen LogP contribution in [0.1, 0.15) is 0 Å². The van der Waals surface area contributed by atoms with E-state index in [1.165, 1.54) is 4.57 Å². The topological polar surface area (TPSA) is 34.9 Å². The Bertz CT molecular complexity index is 574. The highest BCUT2D eigenvalue weighted by molar-refractivity contribution is 9.10. The van der Waals surface area contributed by atoms with Crippen LogP contribution in [0.25, 0.3) is 10.9 Å². The number of fused-ring (bicyclic) bond motifs is 1. The summed E-state index contributed by atoms with van der Waals surface area (Å²) < 4.78 is 2.41. The Labute approximate surface area is 95.2 Å². The van der Waals surface area contributed by atoms with E-state index in [-0.39, 0.29) is 5.56 Å². The van der Waals surface area contributed by atoms with Crippen molar-refractivity contribution < 1.29 is 0 Å². The summed E-state index contributed by atoms with van der Waals surface area (Å²) in [6.07, 6.45) is 3.22. The molecule has 0 aliphatic rings. The molecule has 3 nitrogen and oxygen atoms in total. The third-order valence-corrected chi connectivity index (χ3v) is 2.61. The molecule has 1 aromatic heterocycles. The van der Waals surface area contributed by atoms with Gasteiger partial charge in [-0.2, -0.15) is 0 Å². The van der Waals surface area contributed by atoms with Crippen LogP contribution in [0.2, 0.25) is 0 Å². The van der Waals surface area contributed by atoms with Crippen molar-refractivity contribution in [3.05, 3.63) is 52.0 Å². The molecular formula is C11H9BrN2O. The zero-order valence-electron chi connectivity index (χ0n) is 7.98. The molecule has 1 heterocycles. The van der Waals surface area contributed by atoms with E-state index in [1.807, 2.05) is 12.1 Å². The van der Waals surface area contributed by atoms with Crippen LogP contribution in [0.15, 0.2) is 46.4 Å². The molecule has 0 spiro atoms. The number of rotatable bonds is 2. The van der Waals surface area contributed by atoms with Crippen LogP contribution in [0.3, 0.4) is 0 Å². The van der Waals surface area contributed by atoms with Crippen molar-refractivity contribution >= 4 is 26.8 Å². The van der Waals surface area contributed by atoms with Gasteiger partial charge in [-0.25, -0.2) is 4.98 Å². The molecule has 0 saturated carbocycles. The van der Waals surface area contributed by atoms with Crippen molar-refractivity contribution in [1.29, 1.82) is 0 Å². The Morgan fingerprint density at radius 1 is 1.53 bits per heavy atom. The van der Waals surface area contributed by atoms with Gasteiger partial charge in [0.25, 0.3) is 5.56 Å². The molecule has 0 N–H and O–H groups in total. The lowest BCUT2D eigenvalue weighted by atomic mass is 10.2. The lowest BCUT2D eigenvalue weighted by Crippen LogP contribution is -2.19. The van der Waals surface area contributed by atoms with Gasteiger partial charge in [0.05, 0.1) is 17.2 Å². The summed E-state index contributed by atoms with van der Waals surface area (Å²) in [5, 5.41) is 0.619. The van der Waals surface area contributed by atoms with Crippen molar-refractivity contribution in [2.45, 2.75) is 6.54 Å². The summed E-state index contributed by atoms with van der Waals surface area (Å²) >= 11 is 3.33. The van der Waals surface area contributed by atoms with E-state index in [1.54, 1.807) is 18.5 Å². The standard InChI is InChI=1S/C11H9BrN2O/c1-2-5-14-7-13-10-4-3-8(12)6-9(10)11(14)15/h2-4,6-7H,1,5H2. The number of nitrogens with zero attached hydrogens (tertiary/aromatic N) is 2. The third-order valence-electron chi connectivity index (χ3n) is 2.11. The van der Waals surface area contributed by atoms with E-state index >= 15 is 0 Å². The SMILES string of the molecule is C=CCn1cnc2ccc(Br)cc2c1=O. The molecule has 0 amide bonds. The first-order valence-electron chi connectivity index (χ1n) is 4.48. The van der Waals surface area contributed by atoms with E-state index < -0.39 is 0 Å². The Morgan fingerprint density at radius 2 is 2.33 bits per heavy atom. The molecule has 0 aliphatic carbocycles. The molecule has 2 aromatic rings. The summed E-state index contributed by atoms with van der Waals surface area (Å²) in [5.41, 5.74) is 0.671. The van der Waals surface area contributed by atoms with E-state index in [0.29, 0.717) is 17.4 Å². The summed E-state index contributed by atoms with van der Waals surface area (Å²) in [6, 6.07) is 5.47. The lowest BCUT2D eigenvalue weighted by molar-refractivity contribution is 0.768. The van der Waals surface area contributed by atoms with Crippen molar-refractivity contribution in [2.24, 2.45) is 0 Å². The van der Waals surface area contributed by atoms with Crippen molar-refractivity contribution in [3.63, 3.8) is 0 Å². The Hall–Kier alpha value is -1.42. The van der Waals surface area contributed by atoms with Crippen molar-refractivity contribution in [3.8, 4) is 0 Å². The average Bonchev–Trinajstić information content (AvgIpc) is 2.23. The zero-order valence-corrected chi connectivity index (χ0v) is 9.57. The second-order valence-corrected chi connectivity index (χ2v) is 4.07. The fourth-order valence-corrected chi connectivity index (χ4v) is 1.76. The van der Waals surface area contributed by atoms with Gasteiger partial charge in [0.2, 0.25) is 0 Å². The summed E-state index contributed by atoms with van der Waals surface area (Å²) in [6.45, 7) is 4.08. The number of allylic oxidation sites excluding steroid dienone is 1. The van der Waals surface area contributed by atoms with Gasteiger partial charge in [0, 0.05) is 11.0 Å². The molecule has 2 rings (SSSR count). The van der Waals surface area contributed by atoms with Gasteiger partial charge in [-0.15, -0.1) is 6.58 Å². The molecule has 0 aliphatic heterocycles. The maximum Gasteiger partial charge on any atom is 0.261 e. The summed E-state index contributed by atoms with van der Waals surface area (Å²) in [4.78, 5) is 16.1. The first-order chi connectivity index (χ1) is 7.22. The summed E-state index contributed by atoms with van der Waals surface area (Å²) in [5.74, 6) is 0. The van der Waals surface area contributed by atoms with Gasteiger partial charge in [0.1, 0.15) is 0 Å². The van der Waals surface area contributed by atoms with Gasteiger partial charge in [-0.05, 0) is 18.2 Å². The highest BCUT2D eigenvalue weighted by Crippen LogP contribution is 2.14. The lowest BCUT2D eigenvalue weighted by Gasteiger charge is -2.03. The minimum Gasteiger partial charge on any atom is -0.295 e. The predicted octanol–water partition coefficient (Wildman–Crippen LogP) is 2.34. The average molecular weight is 265 g/mol. The molecule has 0 radical (unpaired) electrons. The molecular weight excluding hydrogens is 256 g/mol. The van der Waals surface area contributed by atoms with E-state index in [9.17, 15) is 4.79 Å². The van der Waals surface area contributed by atoms with E-state index in [0.717, 1.165) is 4.47 Å². The van der Waals surface area contributed by atoms with Crippen molar-refractivity contribution in [2.75, 3.05) is 0 Å². The molecule has 0 atom stereocenters. The quantitative estimate of drug-likeness (QED) is 0.781. The van der Waals surface area contributed by atoms with Crippen LogP contribution < -0.4 is 5.56 Å². The predicted molar refractivity (Wildman–Crippen MR) is 63.9 cm³/mol. The maximum absolute atomic E-state index is 11.9. The molecule has 1 aromatic carbocycles. The third kappa shape index (κ3) is 1.85. The van der Waals surface area contributed by atoms with Crippen molar-refractivity contribution in [1.82, 2.24) is 9.55 Å². The second kappa shape index (κ2) is 3.98.